The van der Waals surface area contributed by atoms with Crippen molar-refractivity contribution >= 4 is 23.2 Å². The highest BCUT2D eigenvalue weighted by Crippen LogP contribution is 2.27. The molecule has 0 spiro atoms. The number of carbonyl (C=O) groups excluding carboxylic acids is 2. The molecule has 0 atom stereocenters. The van der Waals surface area contributed by atoms with E-state index in [-0.39, 0.29) is 11.8 Å². The van der Waals surface area contributed by atoms with E-state index in [1.165, 1.54) is 7.05 Å². The molecule has 0 aromatic heterocycles. The van der Waals surface area contributed by atoms with Crippen LogP contribution in [0, 0.1) is 11.3 Å². The number of fused-ring (bicyclic) bond motifs is 1. The average Bonchev–Trinajstić information content (AvgIpc) is 2.72. The van der Waals surface area contributed by atoms with E-state index in [0.717, 1.165) is 4.90 Å². The highest BCUT2D eigenvalue weighted by atomic mass is 16.2. The molecule has 0 saturated heterocycles. The molecule has 1 aliphatic rings. The number of nitrogens with zero attached hydrogens (tertiary/aromatic N) is 2. The molecule has 0 fully saturated rings. The summed E-state index contributed by atoms with van der Waals surface area (Å²) in [6.07, 6.45) is 0. The third-order valence-electron chi connectivity index (χ3n) is 3.42. The zero-order chi connectivity index (χ0) is 15.0. The van der Waals surface area contributed by atoms with Crippen LogP contribution in [0.25, 0.3) is 0 Å². The van der Waals surface area contributed by atoms with Gasteiger partial charge in [-0.3, -0.25) is 14.5 Å². The van der Waals surface area contributed by atoms with Crippen molar-refractivity contribution in [3.8, 4) is 6.07 Å². The van der Waals surface area contributed by atoms with Gasteiger partial charge in [-0.25, -0.2) is 0 Å². The molecular formula is C16H11N3O2. The standard InChI is InChI=1S/C16H11N3O2/c1-19-15(20)12-7-6-11(8-13(12)16(19)21)18-14-5-3-2-4-10(14)9-17/h2-8,18H,1H3. The molecule has 1 heterocycles. The van der Waals surface area contributed by atoms with Gasteiger partial charge in [0, 0.05) is 12.7 Å². The van der Waals surface area contributed by atoms with E-state index in [2.05, 4.69) is 11.4 Å². The molecule has 0 aliphatic carbocycles. The first-order valence-electron chi connectivity index (χ1n) is 6.34. The molecule has 5 nitrogen and oxygen atoms in total. The highest BCUT2D eigenvalue weighted by molar-refractivity contribution is 6.21. The van der Waals surface area contributed by atoms with Gasteiger partial charge in [0.15, 0.2) is 0 Å². The molecule has 2 aromatic rings. The zero-order valence-corrected chi connectivity index (χ0v) is 11.3. The lowest BCUT2D eigenvalue weighted by Crippen LogP contribution is -2.24. The number of hydrogen-bond acceptors (Lipinski definition) is 4. The predicted octanol–water partition coefficient (Wildman–Crippen LogP) is 2.53. The van der Waals surface area contributed by atoms with Gasteiger partial charge in [0.1, 0.15) is 6.07 Å². The number of para-hydroxylation sites is 1. The van der Waals surface area contributed by atoms with E-state index in [0.29, 0.717) is 28.1 Å². The maximum absolute atomic E-state index is 12.0. The van der Waals surface area contributed by atoms with Gasteiger partial charge in [-0.1, -0.05) is 12.1 Å². The Morgan fingerprint density at radius 1 is 1.05 bits per heavy atom. The highest BCUT2D eigenvalue weighted by Gasteiger charge is 2.32. The minimum Gasteiger partial charge on any atom is -0.354 e. The minimum atomic E-state index is -0.313. The van der Waals surface area contributed by atoms with Crippen LogP contribution in [0.1, 0.15) is 26.3 Å². The molecule has 0 radical (unpaired) electrons. The fourth-order valence-electron chi connectivity index (χ4n) is 2.28. The minimum absolute atomic E-state index is 0.293. The zero-order valence-electron chi connectivity index (χ0n) is 11.3. The lowest BCUT2D eigenvalue weighted by atomic mass is 10.1. The number of benzene rings is 2. The maximum Gasteiger partial charge on any atom is 0.261 e. The summed E-state index contributed by atoms with van der Waals surface area (Å²) in [5.41, 5.74) is 2.61. The SMILES string of the molecule is CN1C(=O)c2ccc(Nc3ccccc3C#N)cc2C1=O. The maximum atomic E-state index is 12.0. The number of anilines is 2. The summed E-state index contributed by atoms with van der Waals surface area (Å²) in [6.45, 7) is 0. The van der Waals surface area contributed by atoms with Crippen molar-refractivity contribution in [2.45, 2.75) is 0 Å². The van der Waals surface area contributed by atoms with Crippen molar-refractivity contribution in [2.24, 2.45) is 0 Å². The molecular weight excluding hydrogens is 266 g/mol. The van der Waals surface area contributed by atoms with Crippen molar-refractivity contribution < 1.29 is 9.59 Å². The van der Waals surface area contributed by atoms with Crippen LogP contribution in [0.15, 0.2) is 42.5 Å². The number of nitriles is 1. The van der Waals surface area contributed by atoms with Crippen LogP contribution in [0.2, 0.25) is 0 Å². The van der Waals surface area contributed by atoms with Crippen LogP contribution in [-0.4, -0.2) is 23.8 Å². The Bertz CT molecular complexity index is 805. The fraction of sp³-hybridized carbons (Fsp3) is 0.0625. The summed E-state index contributed by atoms with van der Waals surface area (Å²) in [5, 5.41) is 12.2. The molecule has 0 unspecified atom stereocenters. The van der Waals surface area contributed by atoms with Crippen molar-refractivity contribution in [2.75, 3.05) is 12.4 Å². The van der Waals surface area contributed by atoms with Gasteiger partial charge in [-0.15, -0.1) is 0 Å². The van der Waals surface area contributed by atoms with Gasteiger partial charge in [0.25, 0.3) is 11.8 Å². The van der Waals surface area contributed by atoms with Crippen molar-refractivity contribution in [1.29, 1.82) is 5.26 Å². The second-order valence-corrected chi connectivity index (χ2v) is 4.71. The Balaban J connectivity index is 1.98. The van der Waals surface area contributed by atoms with Crippen molar-refractivity contribution in [3.05, 3.63) is 59.2 Å². The molecule has 1 N–H and O–H groups in total. The lowest BCUT2D eigenvalue weighted by Gasteiger charge is -2.08. The van der Waals surface area contributed by atoms with E-state index in [9.17, 15) is 9.59 Å². The molecule has 5 heteroatoms. The van der Waals surface area contributed by atoms with Crippen LogP contribution in [0.4, 0.5) is 11.4 Å². The number of amides is 2. The van der Waals surface area contributed by atoms with Crippen LogP contribution < -0.4 is 5.32 Å². The van der Waals surface area contributed by atoms with E-state index in [1.807, 2.05) is 6.07 Å². The third-order valence-corrected chi connectivity index (χ3v) is 3.42. The first-order valence-corrected chi connectivity index (χ1v) is 6.34. The lowest BCUT2D eigenvalue weighted by molar-refractivity contribution is 0.0693. The van der Waals surface area contributed by atoms with Gasteiger partial charge in [-0.2, -0.15) is 5.26 Å². The van der Waals surface area contributed by atoms with E-state index >= 15 is 0 Å². The Morgan fingerprint density at radius 2 is 1.76 bits per heavy atom. The summed E-state index contributed by atoms with van der Waals surface area (Å²) in [4.78, 5) is 24.9. The smallest absolute Gasteiger partial charge is 0.261 e. The summed E-state index contributed by atoms with van der Waals surface area (Å²) >= 11 is 0. The van der Waals surface area contributed by atoms with Gasteiger partial charge in [0.2, 0.25) is 0 Å². The van der Waals surface area contributed by atoms with E-state index < -0.39 is 0 Å². The van der Waals surface area contributed by atoms with Gasteiger partial charge < -0.3 is 5.32 Å². The molecule has 0 bridgehead atoms. The summed E-state index contributed by atoms with van der Waals surface area (Å²) in [7, 11) is 1.46. The summed E-state index contributed by atoms with van der Waals surface area (Å²) in [5.74, 6) is -0.605. The normalized spacial score (nSPS) is 13.0. The molecule has 102 valence electrons. The van der Waals surface area contributed by atoms with Crippen LogP contribution in [0.5, 0.6) is 0 Å². The van der Waals surface area contributed by atoms with Gasteiger partial charge in [-0.05, 0) is 30.3 Å². The summed E-state index contributed by atoms with van der Waals surface area (Å²) < 4.78 is 0. The second kappa shape index (κ2) is 4.76. The Morgan fingerprint density at radius 3 is 2.52 bits per heavy atom. The third kappa shape index (κ3) is 2.03. The number of nitrogens with one attached hydrogen (secondary N) is 1. The molecule has 2 amide bonds. The van der Waals surface area contributed by atoms with Gasteiger partial charge in [0.05, 0.1) is 22.4 Å². The van der Waals surface area contributed by atoms with E-state index in [4.69, 9.17) is 5.26 Å². The molecule has 2 aromatic carbocycles. The number of imide groups is 1. The number of hydrogen-bond donors (Lipinski definition) is 1. The number of carbonyl (C=O) groups is 2. The van der Waals surface area contributed by atoms with Crippen LogP contribution in [0.3, 0.4) is 0 Å². The van der Waals surface area contributed by atoms with Crippen molar-refractivity contribution in [3.63, 3.8) is 0 Å². The monoisotopic (exact) mass is 277 g/mol. The topological polar surface area (TPSA) is 73.2 Å². The summed E-state index contributed by atoms with van der Waals surface area (Å²) in [6, 6.07) is 14.2. The molecule has 0 saturated carbocycles. The Hall–Kier alpha value is -3.13. The quantitative estimate of drug-likeness (QED) is 0.856. The Kier molecular flexibility index (Phi) is 2.92. The van der Waals surface area contributed by atoms with Crippen LogP contribution in [-0.2, 0) is 0 Å². The Labute approximate surface area is 121 Å². The molecule has 3 rings (SSSR count). The average molecular weight is 277 g/mol. The predicted molar refractivity (Wildman–Crippen MR) is 77.3 cm³/mol. The van der Waals surface area contributed by atoms with Gasteiger partial charge >= 0.3 is 0 Å². The second-order valence-electron chi connectivity index (χ2n) is 4.71. The number of rotatable bonds is 2. The van der Waals surface area contributed by atoms with Crippen LogP contribution >= 0.6 is 0 Å². The first-order chi connectivity index (χ1) is 10.1. The largest absolute Gasteiger partial charge is 0.354 e. The van der Waals surface area contributed by atoms with E-state index in [1.54, 1.807) is 36.4 Å². The fourth-order valence-corrected chi connectivity index (χ4v) is 2.28. The molecule has 21 heavy (non-hydrogen) atoms. The molecule has 1 aliphatic heterocycles. The first kappa shape index (κ1) is 12.9. The van der Waals surface area contributed by atoms with Crippen molar-refractivity contribution in [1.82, 2.24) is 4.90 Å².